The van der Waals surface area contributed by atoms with Crippen molar-refractivity contribution < 1.29 is 19.1 Å². The van der Waals surface area contributed by atoms with Gasteiger partial charge < -0.3 is 25.3 Å². The SMILES string of the molecule is CCOC(=O)c1cc2cc(NC(=O)c3ccc(NC(=O)CCCN(C)C)cc3)ccc2[nH]1. The number of nitrogens with one attached hydrogen (secondary N) is 3. The van der Waals surface area contributed by atoms with Gasteiger partial charge in [-0.25, -0.2) is 4.79 Å². The predicted octanol–water partition coefficient (Wildman–Crippen LogP) is 3.88. The summed E-state index contributed by atoms with van der Waals surface area (Å²) in [5.74, 6) is -0.737. The van der Waals surface area contributed by atoms with E-state index in [2.05, 4.69) is 15.6 Å². The maximum Gasteiger partial charge on any atom is 0.354 e. The lowest BCUT2D eigenvalue weighted by Gasteiger charge is -2.10. The molecule has 0 aliphatic rings. The second-order valence-electron chi connectivity index (χ2n) is 7.69. The first-order valence-electron chi connectivity index (χ1n) is 10.5. The fraction of sp³-hybridized carbons (Fsp3) is 0.292. The van der Waals surface area contributed by atoms with Crippen molar-refractivity contribution in [1.82, 2.24) is 9.88 Å². The van der Waals surface area contributed by atoms with Crippen molar-refractivity contribution in [3.05, 3.63) is 59.8 Å². The molecule has 3 aromatic rings. The van der Waals surface area contributed by atoms with Crippen LogP contribution in [0.25, 0.3) is 10.9 Å². The van der Waals surface area contributed by atoms with E-state index in [9.17, 15) is 14.4 Å². The van der Waals surface area contributed by atoms with Crippen molar-refractivity contribution >= 4 is 40.1 Å². The van der Waals surface area contributed by atoms with Crippen molar-refractivity contribution in [1.29, 1.82) is 0 Å². The van der Waals surface area contributed by atoms with Gasteiger partial charge in [0.1, 0.15) is 5.69 Å². The number of carbonyl (C=O) groups excluding carboxylic acids is 3. The molecule has 0 fully saturated rings. The van der Waals surface area contributed by atoms with Crippen LogP contribution < -0.4 is 10.6 Å². The summed E-state index contributed by atoms with van der Waals surface area (Å²) in [6.07, 6.45) is 1.23. The standard InChI is InChI=1S/C24H28N4O4/c1-4-32-24(31)21-15-17-14-19(11-12-20(17)27-21)26-23(30)16-7-9-18(10-8-16)25-22(29)6-5-13-28(2)3/h7-12,14-15,27H,4-6,13H2,1-3H3,(H,25,29)(H,26,30). The van der Waals surface area contributed by atoms with Crippen LogP contribution in [0.4, 0.5) is 11.4 Å². The summed E-state index contributed by atoms with van der Waals surface area (Å²) in [6.45, 7) is 2.90. The zero-order valence-corrected chi connectivity index (χ0v) is 18.5. The minimum absolute atomic E-state index is 0.0500. The van der Waals surface area contributed by atoms with Gasteiger partial charge >= 0.3 is 5.97 Å². The number of esters is 1. The monoisotopic (exact) mass is 436 g/mol. The lowest BCUT2D eigenvalue weighted by Crippen LogP contribution is -2.17. The number of amides is 2. The fourth-order valence-corrected chi connectivity index (χ4v) is 3.22. The second-order valence-corrected chi connectivity index (χ2v) is 7.69. The van der Waals surface area contributed by atoms with Gasteiger partial charge in [-0.3, -0.25) is 9.59 Å². The molecule has 0 aliphatic carbocycles. The number of ether oxygens (including phenoxy) is 1. The van der Waals surface area contributed by atoms with E-state index in [1.54, 1.807) is 55.5 Å². The van der Waals surface area contributed by atoms with Crippen LogP contribution in [0.1, 0.15) is 40.6 Å². The third-order valence-corrected chi connectivity index (χ3v) is 4.81. The molecule has 0 unspecified atom stereocenters. The molecule has 0 saturated carbocycles. The Labute approximate surface area is 186 Å². The summed E-state index contributed by atoms with van der Waals surface area (Å²) in [4.78, 5) is 41.5. The molecule has 8 heteroatoms. The highest BCUT2D eigenvalue weighted by molar-refractivity contribution is 6.06. The zero-order chi connectivity index (χ0) is 23.1. The van der Waals surface area contributed by atoms with E-state index in [0.717, 1.165) is 23.9 Å². The largest absolute Gasteiger partial charge is 0.461 e. The lowest BCUT2D eigenvalue weighted by molar-refractivity contribution is -0.116. The number of nitrogens with zero attached hydrogens (tertiary/aromatic N) is 1. The smallest absolute Gasteiger partial charge is 0.354 e. The Morgan fingerprint density at radius 2 is 1.69 bits per heavy atom. The molecule has 32 heavy (non-hydrogen) atoms. The Balaban J connectivity index is 1.60. The second kappa shape index (κ2) is 10.6. The molecule has 1 heterocycles. The van der Waals surface area contributed by atoms with Crippen LogP contribution >= 0.6 is 0 Å². The molecule has 8 nitrogen and oxygen atoms in total. The van der Waals surface area contributed by atoms with E-state index in [-0.39, 0.29) is 11.8 Å². The number of hydrogen-bond acceptors (Lipinski definition) is 5. The van der Waals surface area contributed by atoms with Crippen molar-refractivity contribution in [2.45, 2.75) is 19.8 Å². The number of anilines is 2. The molecule has 0 spiro atoms. The number of hydrogen-bond donors (Lipinski definition) is 3. The van der Waals surface area contributed by atoms with E-state index in [0.29, 0.717) is 35.7 Å². The number of rotatable bonds is 9. The summed E-state index contributed by atoms with van der Waals surface area (Å²) in [7, 11) is 3.94. The van der Waals surface area contributed by atoms with E-state index < -0.39 is 5.97 Å². The Morgan fingerprint density at radius 3 is 2.38 bits per heavy atom. The van der Waals surface area contributed by atoms with Crippen LogP contribution in [0.2, 0.25) is 0 Å². The third kappa shape index (κ3) is 6.18. The maximum absolute atomic E-state index is 12.6. The van der Waals surface area contributed by atoms with Gasteiger partial charge in [-0.2, -0.15) is 0 Å². The molecule has 0 saturated heterocycles. The first-order chi connectivity index (χ1) is 15.4. The highest BCUT2D eigenvalue weighted by atomic mass is 16.5. The van der Waals surface area contributed by atoms with Gasteiger partial charge in [-0.05, 0) is 82.5 Å². The Hall–Kier alpha value is -3.65. The minimum atomic E-state index is -0.417. The summed E-state index contributed by atoms with van der Waals surface area (Å²) < 4.78 is 5.00. The average molecular weight is 437 g/mol. The van der Waals surface area contributed by atoms with E-state index in [1.165, 1.54) is 0 Å². The summed E-state index contributed by atoms with van der Waals surface area (Å²) in [5, 5.41) is 6.48. The molecular formula is C24H28N4O4. The zero-order valence-electron chi connectivity index (χ0n) is 18.5. The van der Waals surface area contributed by atoms with Gasteiger partial charge in [-0.15, -0.1) is 0 Å². The molecule has 0 aliphatic heterocycles. The van der Waals surface area contributed by atoms with Crippen molar-refractivity contribution in [2.75, 3.05) is 37.9 Å². The molecule has 0 radical (unpaired) electrons. The first kappa shape index (κ1) is 23.0. The first-order valence-corrected chi connectivity index (χ1v) is 10.5. The van der Waals surface area contributed by atoms with Crippen LogP contribution in [-0.4, -0.2) is 54.9 Å². The van der Waals surface area contributed by atoms with Crippen LogP contribution in [0.15, 0.2) is 48.5 Å². The van der Waals surface area contributed by atoms with Gasteiger partial charge in [-0.1, -0.05) is 0 Å². The Bertz CT molecular complexity index is 1100. The molecular weight excluding hydrogens is 408 g/mol. The molecule has 1 aromatic heterocycles. The maximum atomic E-state index is 12.6. The Morgan fingerprint density at radius 1 is 0.969 bits per heavy atom. The molecule has 0 bridgehead atoms. The van der Waals surface area contributed by atoms with E-state index >= 15 is 0 Å². The van der Waals surface area contributed by atoms with Crippen molar-refractivity contribution in [2.24, 2.45) is 0 Å². The van der Waals surface area contributed by atoms with Gasteiger partial charge in [0.05, 0.1) is 6.61 Å². The Kier molecular flexibility index (Phi) is 7.62. The number of fused-ring (bicyclic) bond motifs is 1. The number of benzene rings is 2. The van der Waals surface area contributed by atoms with Crippen molar-refractivity contribution in [3.8, 4) is 0 Å². The molecule has 3 N–H and O–H groups in total. The van der Waals surface area contributed by atoms with Gasteiger partial charge in [0.2, 0.25) is 5.91 Å². The predicted molar refractivity (Wildman–Crippen MR) is 125 cm³/mol. The fourth-order valence-electron chi connectivity index (χ4n) is 3.22. The number of aromatic nitrogens is 1. The van der Waals surface area contributed by atoms with Crippen LogP contribution in [0, 0.1) is 0 Å². The minimum Gasteiger partial charge on any atom is -0.461 e. The number of aromatic amines is 1. The molecule has 3 rings (SSSR count). The van der Waals surface area contributed by atoms with Gasteiger partial charge in [0.25, 0.3) is 5.91 Å². The lowest BCUT2D eigenvalue weighted by atomic mass is 10.1. The van der Waals surface area contributed by atoms with Gasteiger partial charge in [0.15, 0.2) is 0 Å². The quantitative estimate of drug-likeness (QED) is 0.442. The third-order valence-electron chi connectivity index (χ3n) is 4.81. The number of carbonyl (C=O) groups is 3. The van der Waals surface area contributed by atoms with Gasteiger partial charge in [0, 0.05) is 34.3 Å². The van der Waals surface area contributed by atoms with Crippen LogP contribution in [0.3, 0.4) is 0 Å². The normalized spacial score (nSPS) is 10.9. The van der Waals surface area contributed by atoms with Crippen molar-refractivity contribution in [3.63, 3.8) is 0 Å². The summed E-state index contributed by atoms with van der Waals surface area (Å²) in [5.41, 5.74) is 2.87. The van der Waals surface area contributed by atoms with E-state index in [1.807, 2.05) is 19.0 Å². The van der Waals surface area contributed by atoms with E-state index in [4.69, 9.17) is 4.74 Å². The molecule has 0 atom stereocenters. The number of H-pyrrole nitrogens is 1. The molecule has 2 amide bonds. The van der Waals surface area contributed by atoms with Crippen LogP contribution in [0.5, 0.6) is 0 Å². The van der Waals surface area contributed by atoms with Crippen LogP contribution in [-0.2, 0) is 9.53 Å². The summed E-state index contributed by atoms with van der Waals surface area (Å²) in [6, 6.07) is 13.8. The highest BCUT2D eigenvalue weighted by Gasteiger charge is 2.12. The topological polar surface area (TPSA) is 104 Å². The molecule has 2 aromatic carbocycles. The molecule has 168 valence electrons. The average Bonchev–Trinajstić information content (AvgIpc) is 3.18. The highest BCUT2D eigenvalue weighted by Crippen LogP contribution is 2.21. The summed E-state index contributed by atoms with van der Waals surface area (Å²) >= 11 is 0.